The summed E-state index contributed by atoms with van der Waals surface area (Å²) < 4.78 is 48.8. The number of hydrogen-bond donors (Lipinski definition) is 1. The number of halogens is 4. The average Bonchev–Trinajstić information content (AvgIpc) is 2.73. The minimum atomic E-state index is -4.46. The molecule has 0 saturated heterocycles. The number of aromatic nitrogens is 2. The van der Waals surface area contributed by atoms with Crippen molar-refractivity contribution >= 4 is 17.4 Å². The lowest BCUT2D eigenvalue weighted by Gasteiger charge is -2.16. The van der Waals surface area contributed by atoms with Crippen LogP contribution in [0.25, 0.3) is 0 Å². The molecule has 0 unspecified atom stereocenters. The molecule has 0 atom stereocenters. The molecule has 5 nitrogen and oxygen atoms in total. The molecule has 0 fully saturated rings. The largest absolute Gasteiger partial charge is 0.485 e. The van der Waals surface area contributed by atoms with Crippen LogP contribution < -0.4 is 14.8 Å². The van der Waals surface area contributed by atoms with E-state index in [4.69, 9.17) is 21.1 Å². The first-order valence-corrected chi connectivity index (χ1v) is 9.83. The summed E-state index contributed by atoms with van der Waals surface area (Å²) in [5, 5.41) is 3.48. The van der Waals surface area contributed by atoms with Gasteiger partial charge in [-0.2, -0.15) is 13.2 Å². The van der Waals surface area contributed by atoms with E-state index in [2.05, 4.69) is 15.3 Å². The summed E-state index contributed by atoms with van der Waals surface area (Å²) in [6.45, 7) is 2.58. The Bertz CT molecular complexity index is 1030. The molecule has 1 N–H and O–H groups in total. The molecule has 2 aromatic carbocycles. The van der Waals surface area contributed by atoms with Crippen molar-refractivity contribution in [1.82, 2.24) is 9.97 Å². The Morgan fingerprint density at radius 2 is 1.68 bits per heavy atom. The fourth-order valence-electron chi connectivity index (χ4n) is 2.79. The van der Waals surface area contributed by atoms with E-state index in [-0.39, 0.29) is 24.7 Å². The second-order valence-electron chi connectivity index (χ2n) is 6.83. The van der Waals surface area contributed by atoms with Crippen LogP contribution in [0, 0.1) is 13.8 Å². The molecule has 1 heterocycles. The van der Waals surface area contributed by atoms with Crippen molar-refractivity contribution in [2.75, 3.05) is 11.9 Å². The Morgan fingerprint density at radius 1 is 0.935 bits per heavy atom. The van der Waals surface area contributed by atoms with Gasteiger partial charge >= 0.3 is 6.18 Å². The first-order chi connectivity index (χ1) is 14.7. The van der Waals surface area contributed by atoms with Gasteiger partial charge in [-0.3, -0.25) is 0 Å². The normalized spacial score (nSPS) is 11.3. The number of anilines is 1. The maximum Gasteiger partial charge on any atom is 0.422 e. The van der Waals surface area contributed by atoms with E-state index >= 15 is 0 Å². The number of benzene rings is 2. The molecule has 31 heavy (non-hydrogen) atoms. The van der Waals surface area contributed by atoms with Crippen LogP contribution in [0.1, 0.15) is 22.6 Å². The monoisotopic (exact) mass is 451 g/mol. The predicted molar refractivity (Wildman–Crippen MR) is 113 cm³/mol. The summed E-state index contributed by atoms with van der Waals surface area (Å²) >= 11 is 6.23. The van der Waals surface area contributed by atoms with Crippen LogP contribution in [0.5, 0.6) is 11.5 Å². The SMILES string of the molecule is Cc1nc(C)c(Cl)c(NCc2ccc(OCc3ccccc3)c(OCC(F)(F)F)c2)n1. The average molecular weight is 452 g/mol. The van der Waals surface area contributed by atoms with Crippen molar-refractivity contribution in [3.8, 4) is 11.5 Å². The maximum absolute atomic E-state index is 12.7. The zero-order valence-corrected chi connectivity index (χ0v) is 17.7. The Kier molecular flexibility index (Phi) is 7.22. The fourth-order valence-corrected chi connectivity index (χ4v) is 2.94. The fraction of sp³-hybridized carbons (Fsp3) is 0.273. The Hall–Kier alpha value is -3.00. The molecule has 9 heteroatoms. The lowest BCUT2D eigenvalue weighted by atomic mass is 10.2. The minimum absolute atomic E-state index is 0.00806. The highest BCUT2D eigenvalue weighted by Gasteiger charge is 2.29. The van der Waals surface area contributed by atoms with Gasteiger partial charge in [-0.05, 0) is 37.1 Å². The Morgan fingerprint density at radius 3 is 2.39 bits per heavy atom. The van der Waals surface area contributed by atoms with Gasteiger partial charge in [-0.25, -0.2) is 9.97 Å². The number of alkyl halides is 3. The smallest absolute Gasteiger partial charge is 0.422 e. The van der Waals surface area contributed by atoms with E-state index in [1.54, 1.807) is 26.0 Å². The highest BCUT2D eigenvalue weighted by atomic mass is 35.5. The highest BCUT2D eigenvalue weighted by Crippen LogP contribution is 2.31. The first kappa shape index (κ1) is 22.7. The molecule has 0 spiro atoms. The van der Waals surface area contributed by atoms with Crippen molar-refractivity contribution in [2.45, 2.75) is 33.2 Å². The van der Waals surface area contributed by atoms with E-state index in [0.717, 1.165) is 5.56 Å². The molecule has 3 rings (SSSR count). The molecule has 164 valence electrons. The van der Waals surface area contributed by atoms with E-state index < -0.39 is 12.8 Å². The molecule has 0 aliphatic heterocycles. The van der Waals surface area contributed by atoms with Gasteiger partial charge in [0.25, 0.3) is 0 Å². The van der Waals surface area contributed by atoms with E-state index in [1.165, 1.54) is 6.07 Å². The number of nitrogens with one attached hydrogen (secondary N) is 1. The molecule has 3 aromatic rings. The predicted octanol–water partition coefficient (Wildman–Crippen LogP) is 5.88. The van der Waals surface area contributed by atoms with Crippen LogP contribution in [0.15, 0.2) is 48.5 Å². The zero-order valence-electron chi connectivity index (χ0n) is 17.0. The molecule has 0 bridgehead atoms. The highest BCUT2D eigenvalue weighted by molar-refractivity contribution is 6.33. The van der Waals surface area contributed by atoms with Gasteiger partial charge in [0, 0.05) is 6.54 Å². The van der Waals surface area contributed by atoms with Crippen LogP contribution in [0.3, 0.4) is 0 Å². The Balaban J connectivity index is 1.76. The number of rotatable bonds is 8. The maximum atomic E-state index is 12.7. The number of ether oxygens (including phenoxy) is 2. The molecule has 0 radical (unpaired) electrons. The molecular weight excluding hydrogens is 431 g/mol. The quantitative estimate of drug-likeness (QED) is 0.463. The Labute approximate surface area is 183 Å². The molecule has 0 saturated carbocycles. The zero-order chi connectivity index (χ0) is 22.4. The van der Waals surface area contributed by atoms with Gasteiger partial charge in [0.15, 0.2) is 18.1 Å². The third kappa shape index (κ3) is 6.75. The lowest BCUT2D eigenvalue weighted by Crippen LogP contribution is -2.19. The van der Waals surface area contributed by atoms with Crippen molar-refractivity contribution in [2.24, 2.45) is 0 Å². The summed E-state index contributed by atoms with van der Waals surface area (Å²) in [4.78, 5) is 8.44. The van der Waals surface area contributed by atoms with E-state index in [1.807, 2.05) is 30.3 Å². The second kappa shape index (κ2) is 9.87. The molecule has 0 aliphatic rings. The molecular formula is C22H21ClF3N3O2. The summed E-state index contributed by atoms with van der Waals surface area (Å²) in [5.41, 5.74) is 2.20. The van der Waals surface area contributed by atoms with Gasteiger partial charge in [-0.1, -0.05) is 48.0 Å². The molecule has 1 aromatic heterocycles. The van der Waals surface area contributed by atoms with Crippen molar-refractivity contribution in [3.05, 3.63) is 76.2 Å². The molecule has 0 aliphatic carbocycles. The van der Waals surface area contributed by atoms with Gasteiger partial charge in [0.05, 0.1) is 5.69 Å². The topological polar surface area (TPSA) is 56.3 Å². The third-order valence-electron chi connectivity index (χ3n) is 4.23. The number of hydrogen-bond acceptors (Lipinski definition) is 5. The van der Waals surface area contributed by atoms with Crippen LogP contribution in [0.2, 0.25) is 5.02 Å². The van der Waals surface area contributed by atoms with Crippen LogP contribution >= 0.6 is 11.6 Å². The lowest BCUT2D eigenvalue weighted by molar-refractivity contribution is -0.153. The summed E-state index contributed by atoms with van der Waals surface area (Å²) in [6.07, 6.45) is -4.46. The van der Waals surface area contributed by atoms with Gasteiger partial charge < -0.3 is 14.8 Å². The van der Waals surface area contributed by atoms with Crippen LogP contribution in [-0.4, -0.2) is 22.8 Å². The van der Waals surface area contributed by atoms with E-state index in [0.29, 0.717) is 27.9 Å². The second-order valence-corrected chi connectivity index (χ2v) is 7.21. The van der Waals surface area contributed by atoms with Crippen molar-refractivity contribution < 1.29 is 22.6 Å². The minimum Gasteiger partial charge on any atom is -0.485 e. The third-order valence-corrected chi connectivity index (χ3v) is 4.68. The van der Waals surface area contributed by atoms with Gasteiger partial charge in [0.2, 0.25) is 0 Å². The van der Waals surface area contributed by atoms with Crippen molar-refractivity contribution in [1.29, 1.82) is 0 Å². The number of nitrogens with zero attached hydrogens (tertiary/aromatic N) is 2. The van der Waals surface area contributed by atoms with Crippen LogP contribution in [-0.2, 0) is 13.2 Å². The molecule has 0 amide bonds. The summed E-state index contributed by atoms with van der Waals surface area (Å²) in [6, 6.07) is 14.1. The number of aryl methyl sites for hydroxylation is 2. The van der Waals surface area contributed by atoms with Crippen molar-refractivity contribution in [3.63, 3.8) is 0 Å². The van der Waals surface area contributed by atoms with E-state index in [9.17, 15) is 13.2 Å². The first-order valence-electron chi connectivity index (χ1n) is 9.45. The van der Waals surface area contributed by atoms with Crippen LogP contribution in [0.4, 0.5) is 19.0 Å². The summed E-state index contributed by atoms with van der Waals surface area (Å²) in [7, 11) is 0. The van der Waals surface area contributed by atoms with Gasteiger partial charge in [-0.15, -0.1) is 0 Å². The summed E-state index contributed by atoms with van der Waals surface area (Å²) in [5.74, 6) is 1.24. The standard InChI is InChI=1S/C22H21ClF3N3O2/c1-14-20(23)21(29-15(2)28-14)27-11-17-8-9-18(19(10-17)31-13-22(24,25)26)30-12-16-6-4-3-5-7-16/h3-10H,11-13H2,1-2H3,(H,27,28,29). The van der Waals surface area contributed by atoms with Gasteiger partial charge in [0.1, 0.15) is 23.3 Å².